The van der Waals surface area contributed by atoms with Gasteiger partial charge in [-0.15, -0.1) is 0 Å². The van der Waals surface area contributed by atoms with E-state index in [9.17, 15) is 4.79 Å². The van der Waals surface area contributed by atoms with Crippen molar-refractivity contribution in [1.82, 2.24) is 4.90 Å². The van der Waals surface area contributed by atoms with Crippen LogP contribution in [0.25, 0.3) is 0 Å². The molecule has 120 valence electrons. The van der Waals surface area contributed by atoms with Crippen LogP contribution in [0.4, 0.5) is 0 Å². The first-order valence-electron chi connectivity index (χ1n) is 8.26. The van der Waals surface area contributed by atoms with Crippen LogP contribution < -0.4 is 0 Å². The highest BCUT2D eigenvalue weighted by molar-refractivity contribution is 5.81. The Bertz CT molecular complexity index is 359. The second kappa shape index (κ2) is 6.63. The molecule has 2 atom stereocenters. The molecule has 3 rings (SSSR count). The van der Waals surface area contributed by atoms with Crippen LogP contribution in [0.3, 0.4) is 0 Å². The van der Waals surface area contributed by atoms with Crippen LogP contribution in [0.1, 0.15) is 38.5 Å². The van der Waals surface area contributed by atoms with Crippen molar-refractivity contribution >= 4 is 5.91 Å². The molecule has 0 aromatic carbocycles. The maximum absolute atomic E-state index is 12.4. The van der Waals surface area contributed by atoms with Crippen molar-refractivity contribution < 1.29 is 19.0 Å². The van der Waals surface area contributed by atoms with Gasteiger partial charge in [-0.3, -0.25) is 4.79 Å². The lowest BCUT2D eigenvalue weighted by atomic mass is 9.84. The number of carbonyl (C=O) groups excluding carboxylic acids is 1. The molecule has 0 N–H and O–H groups in total. The molecule has 0 saturated carbocycles. The fourth-order valence-electron chi connectivity index (χ4n) is 3.87. The van der Waals surface area contributed by atoms with E-state index in [0.29, 0.717) is 5.92 Å². The largest absolute Gasteiger partial charge is 0.385 e. The first-order valence-corrected chi connectivity index (χ1v) is 8.26. The van der Waals surface area contributed by atoms with Gasteiger partial charge in [0.05, 0.1) is 12.2 Å². The van der Waals surface area contributed by atoms with E-state index in [1.54, 1.807) is 7.11 Å². The van der Waals surface area contributed by atoms with Crippen molar-refractivity contribution in [3.8, 4) is 0 Å². The normalized spacial score (nSPS) is 32.0. The van der Waals surface area contributed by atoms with Crippen LogP contribution in [0.5, 0.6) is 0 Å². The number of likely N-dealkylation sites (tertiary alicyclic amines) is 1. The SMILES string of the molecule is COCC[C@H]1COC2(CCN(C(=O)[C@H]3CCCO3)CC2)C1. The van der Waals surface area contributed by atoms with E-state index in [-0.39, 0.29) is 17.6 Å². The average Bonchev–Trinajstić information content (AvgIpc) is 3.16. The van der Waals surface area contributed by atoms with Crippen LogP contribution in [-0.4, -0.2) is 62.5 Å². The lowest BCUT2D eigenvalue weighted by Crippen LogP contribution is -2.49. The summed E-state index contributed by atoms with van der Waals surface area (Å²) in [6.07, 6.45) is 5.85. The molecule has 0 bridgehead atoms. The van der Waals surface area contributed by atoms with Crippen molar-refractivity contribution in [3.05, 3.63) is 0 Å². The molecule has 0 radical (unpaired) electrons. The van der Waals surface area contributed by atoms with Gasteiger partial charge in [0.1, 0.15) is 6.10 Å². The fourth-order valence-corrected chi connectivity index (χ4v) is 3.87. The molecule has 3 heterocycles. The van der Waals surface area contributed by atoms with E-state index in [0.717, 1.165) is 71.4 Å². The summed E-state index contributed by atoms with van der Waals surface area (Å²) in [5.41, 5.74) is 0.0196. The molecule has 3 fully saturated rings. The maximum atomic E-state index is 12.4. The van der Waals surface area contributed by atoms with E-state index in [1.165, 1.54) is 0 Å². The highest BCUT2D eigenvalue weighted by Gasteiger charge is 2.44. The van der Waals surface area contributed by atoms with E-state index < -0.39 is 0 Å². The van der Waals surface area contributed by atoms with Crippen molar-refractivity contribution in [2.45, 2.75) is 50.2 Å². The van der Waals surface area contributed by atoms with Crippen molar-refractivity contribution in [1.29, 1.82) is 0 Å². The minimum Gasteiger partial charge on any atom is -0.385 e. The van der Waals surface area contributed by atoms with E-state index in [4.69, 9.17) is 14.2 Å². The second-order valence-corrected chi connectivity index (χ2v) is 6.67. The number of rotatable bonds is 4. The van der Waals surface area contributed by atoms with Gasteiger partial charge in [-0.1, -0.05) is 0 Å². The fraction of sp³-hybridized carbons (Fsp3) is 0.938. The number of amides is 1. The number of methoxy groups -OCH3 is 1. The van der Waals surface area contributed by atoms with Crippen LogP contribution in [0.2, 0.25) is 0 Å². The van der Waals surface area contributed by atoms with Gasteiger partial charge < -0.3 is 19.1 Å². The second-order valence-electron chi connectivity index (χ2n) is 6.67. The first-order chi connectivity index (χ1) is 10.2. The van der Waals surface area contributed by atoms with Gasteiger partial charge in [-0.2, -0.15) is 0 Å². The summed E-state index contributed by atoms with van der Waals surface area (Å²) in [6, 6.07) is 0. The molecule has 3 aliphatic rings. The highest BCUT2D eigenvalue weighted by Crippen LogP contribution is 2.40. The van der Waals surface area contributed by atoms with E-state index in [1.807, 2.05) is 4.90 Å². The zero-order valence-corrected chi connectivity index (χ0v) is 13.0. The van der Waals surface area contributed by atoms with Gasteiger partial charge in [-0.25, -0.2) is 0 Å². The highest BCUT2D eigenvalue weighted by atomic mass is 16.5. The van der Waals surface area contributed by atoms with E-state index in [2.05, 4.69) is 0 Å². The zero-order valence-electron chi connectivity index (χ0n) is 13.0. The molecule has 0 aromatic heterocycles. The van der Waals surface area contributed by atoms with Gasteiger partial charge in [-0.05, 0) is 44.4 Å². The quantitative estimate of drug-likeness (QED) is 0.791. The average molecular weight is 297 g/mol. The number of hydrogen-bond acceptors (Lipinski definition) is 4. The van der Waals surface area contributed by atoms with Crippen LogP contribution in [0, 0.1) is 5.92 Å². The molecular formula is C16H27NO4. The number of carbonyl (C=O) groups is 1. The Morgan fingerprint density at radius 2 is 2.19 bits per heavy atom. The molecule has 3 saturated heterocycles. The third-order valence-corrected chi connectivity index (χ3v) is 5.21. The first kappa shape index (κ1) is 15.3. The number of hydrogen-bond donors (Lipinski definition) is 0. The minimum atomic E-state index is -0.182. The predicted octanol–water partition coefficient (Wildman–Crippen LogP) is 1.60. The Balaban J connectivity index is 1.47. The molecule has 5 heteroatoms. The van der Waals surface area contributed by atoms with Gasteiger partial charge in [0.25, 0.3) is 5.91 Å². The standard InChI is InChI=1S/C16H27NO4/c1-19-10-4-13-11-16(21-12-13)5-7-17(8-6-16)15(18)14-3-2-9-20-14/h13-14H,2-12H2,1H3/t13-,14-/m1/s1. The van der Waals surface area contributed by atoms with Gasteiger partial charge in [0, 0.05) is 33.4 Å². The number of ether oxygens (including phenoxy) is 3. The summed E-state index contributed by atoms with van der Waals surface area (Å²) in [4.78, 5) is 14.3. The topological polar surface area (TPSA) is 48.0 Å². The molecule has 0 unspecified atom stereocenters. The molecule has 21 heavy (non-hydrogen) atoms. The van der Waals surface area contributed by atoms with Crippen molar-refractivity contribution in [2.75, 3.05) is 40.0 Å². The summed E-state index contributed by atoms with van der Waals surface area (Å²) < 4.78 is 16.8. The number of nitrogens with zero attached hydrogens (tertiary/aromatic N) is 1. The summed E-state index contributed by atoms with van der Waals surface area (Å²) in [5, 5.41) is 0. The monoisotopic (exact) mass is 297 g/mol. The molecule has 1 spiro atoms. The molecule has 5 nitrogen and oxygen atoms in total. The van der Waals surface area contributed by atoms with Gasteiger partial charge in [0.2, 0.25) is 0 Å². The molecule has 0 aliphatic carbocycles. The van der Waals surface area contributed by atoms with Crippen molar-refractivity contribution in [2.24, 2.45) is 5.92 Å². The summed E-state index contributed by atoms with van der Waals surface area (Å²) in [5.74, 6) is 0.807. The number of piperidine rings is 1. The molecule has 0 aromatic rings. The van der Waals surface area contributed by atoms with Gasteiger partial charge in [0.15, 0.2) is 0 Å². The zero-order chi connectivity index (χ0) is 14.7. The summed E-state index contributed by atoms with van der Waals surface area (Å²) in [7, 11) is 1.75. The van der Waals surface area contributed by atoms with Crippen molar-refractivity contribution in [3.63, 3.8) is 0 Å². The maximum Gasteiger partial charge on any atom is 0.251 e. The molecule has 3 aliphatic heterocycles. The Labute approximate surface area is 126 Å². The Hall–Kier alpha value is -0.650. The lowest BCUT2D eigenvalue weighted by molar-refractivity contribution is -0.145. The van der Waals surface area contributed by atoms with Gasteiger partial charge >= 0.3 is 0 Å². The summed E-state index contributed by atoms with van der Waals surface area (Å²) >= 11 is 0. The Kier molecular flexibility index (Phi) is 4.82. The molecular weight excluding hydrogens is 270 g/mol. The predicted molar refractivity (Wildman–Crippen MR) is 78.1 cm³/mol. The minimum absolute atomic E-state index is 0.0196. The van der Waals surface area contributed by atoms with Crippen LogP contribution >= 0.6 is 0 Å². The smallest absolute Gasteiger partial charge is 0.251 e. The lowest BCUT2D eigenvalue weighted by Gasteiger charge is -2.39. The van der Waals surface area contributed by atoms with Crippen LogP contribution in [-0.2, 0) is 19.0 Å². The Morgan fingerprint density at radius 3 is 2.86 bits per heavy atom. The van der Waals surface area contributed by atoms with E-state index >= 15 is 0 Å². The molecule has 1 amide bonds. The third-order valence-electron chi connectivity index (χ3n) is 5.21. The third kappa shape index (κ3) is 3.41. The van der Waals surface area contributed by atoms with Crippen LogP contribution in [0.15, 0.2) is 0 Å². The Morgan fingerprint density at radius 1 is 1.38 bits per heavy atom. The summed E-state index contributed by atoms with van der Waals surface area (Å²) in [6.45, 7) is 4.03.